The van der Waals surface area contributed by atoms with Crippen molar-refractivity contribution in [2.24, 2.45) is 0 Å². The molecule has 7 nitrogen and oxygen atoms in total. The molecule has 0 fully saturated rings. The quantitative estimate of drug-likeness (QED) is 0.603. The summed E-state index contributed by atoms with van der Waals surface area (Å²) < 4.78 is 25.9. The van der Waals surface area contributed by atoms with E-state index in [1.54, 1.807) is 30.6 Å². The number of nitrogens with zero attached hydrogens (tertiary/aromatic N) is 2. The number of rotatable bonds is 6. The van der Waals surface area contributed by atoms with E-state index in [9.17, 15) is 13.2 Å². The number of halogens is 1. The van der Waals surface area contributed by atoms with Crippen molar-refractivity contribution in [1.29, 1.82) is 0 Å². The van der Waals surface area contributed by atoms with Gasteiger partial charge >= 0.3 is 0 Å². The van der Waals surface area contributed by atoms with Gasteiger partial charge in [-0.3, -0.25) is 9.52 Å². The number of nitrogens with one attached hydrogen (secondary N) is 2. The largest absolute Gasteiger partial charge is 0.321 e. The number of benzene rings is 1. The second-order valence-electron chi connectivity index (χ2n) is 5.84. The maximum absolute atomic E-state index is 12.7. The molecule has 1 amide bonds. The number of carbonyl (C=O) groups is 1. The van der Waals surface area contributed by atoms with Gasteiger partial charge in [0.25, 0.3) is 5.91 Å². The molecular formula is C18H17ClN4O3S2. The van der Waals surface area contributed by atoms with Gasteiger partial charge in [0, 0.05) is 33.5 Å². The fourth-order valence-corrected chi connectivity index (χ4v) is 4.19. The molecule has 0 saturated heterocycles. The lowest BCUT2D eigenvalue weighted by atomic mass is 10.2. The minimum absolute atomic E-state index is 0.0694. The average molecular weight is 437 g/mol. The third kappa shape index (κ3) is 4.86. The first kappa shape index (κ1) is 20.2. The van der Waals surface area contributed by atoms with Gasteiger partial charge in [0.15, 0.2) is 5.82 Å². The fourth-order valence-electron chi connectivity index (χ4n) is 2.42. The first-order chi connectivity index (χ1) is 13.3. The minimum atomic E-state index is -3.45. The van der Waals surface area contributed by atoms with Crippen LogP contribution >= 0.6 is 22.9 Å². The van der Waals surface area contributed by atoms with Crippen molar-refractivity contribution in [1.82, 2.24) is 9.97 Å². The van der Waals surface area contributed by atoms with Gasteiger partial charge < -0.3 is 5.32 Å². The van der Waals surface area contributed by atoms with E-state index in [1.807, 2.05) is 6.92 Å². The van der Waals surface area contributed by atoms with Crippen LogP contribution in [-0.4, -0.2) is 30.0 Å². The second kappa shape index (κ2) is 8.26. The van der Waals surface area contributed by atoms with Crippen LogP contribution in [0.5, 0.6) is 0 Å². The first-order valence-electron chi connectivity index (χ1n) is 8.27. The fraction of sp³-hybridized carbons (Fsp3) is 0.167. The van der Waals surface area contributed by atoms with Crippen molar-refractivity contribution >= 4 is 50.2 Å². The SMILES string of the molecule is CCS(=O)(=O)Nc1cc(Cl)cc(NC(=O)c2cc(-c3ncccn3)c(C)s2)c1. The summed E-state index contributed by atoms with van der Waals surface area (Å²) in [5.41, 5.74) is 1.46. The Morgan fingerprint density at radius 2 is 1.82 bits per heavy atom. The van der Waals surface area contributed by atoms with Crippen LogP contribution < -0.4 is 10.0 Å². The molecule has 146 valence electrons. The highest BCUT2D eigenvalue weighted by molar-refractivity contribution is 7.92. The van der Waals surface area contributed by atoms with Crippen molar-refractivity contribution in [3.63, 3.8) is 0 Å². The predicted octanol–water partition coefficient (Wildman–Crippen LogP) is 4.18. The van der Waals surface area contributed by atoms with E-state index in [2.05, 4.69) is 20.0 Å². The molecule has 2 N–H and O–H groups in total. The lowest BCUT2D eigenvalue weighted by molar-refractivity contribution is 0.103. The second-order valence-corrected chi connectivity index (χ2v) is 9.54. The number of amides is 1. The van der Waals surface area contributed by atoms with Crippen molar-refractivity contribution in [2.45, 2.75) is 13.8 Å². The number of sulfonamides is 1. The lowest BCUT2D eigenvalue weighted by Crippen LogP contribution is -2.15. The Balaban J connectivity index is 1.83. The summed E-state index contributed by atoms with van der Waals surface area (Å²) in [4.78, 5) is 22.5. The van der Waals surface area contributed by atoms with E-state index < -0.39 is 10.0 Å². The Kier molecular flexibility index (Phi) is 5.97. The van der Waals surface area contributed by atoms with Crippen LogP contribution in [0, 0.1) is 6.92 Å². The van der Waals surface area contributed by atoms with Gasteiger partial charge in [0.05, 0.1) is 16.3 Å². The van der Waals surface area contributed by atoms with Crippen LogP contribution in [0.3, 0.4) is 0 Å². The zero-order valence-corrected chi connectivity index (χ0v) is 17.5. The van der Waals surface area contributed by atoms with Crippen LogP contribution in [0.4, 0.5) is 11.4 Å². The van der Waals surface area contributed by atoms with Crippen LogP contribution in [-0.2, 0) is 10.0 Å². The summed E-state index contributed by atoms with van der Waals surface area (Å²) in [5, 5.41) is 3.05. The molecule has 2 heterocycles. The summed E-state index contributed by atoms with van der Waals surface area (Å²) in [6.07, 6.45) is 3.29. The maximum atomic E-state index is 12.7. The van der Waals surface area contributed by atoms with Gasteiger partial charge in [0.1, 0.15) is 0 Å². The zero-order valence-electron chi connectivity index (χ0n) is 15.1. The number of carbonyl (C=O) groups excluding carboxylic acids is 1. The molecule has 0 spiro atoms. The van der Waals surface area contributed by atoms with Crippen LogP contribution in [0.1, 0.15) is 21.5 Å². The van der Waals surface area contributed by atoms with Gasteiger partial charge in [-0.05, 0) is 44.2 Å². The Labute approximate surface area is 171 Å². The van der Waals surface area contributed by atoms with Crippen molar-refractivity contribution in [3.05, 3.63) is 57.5 Å². The van der Waals surface area contributed by atoms with Gasteiger partial charge in [0.2, 0.25) is 10.0 Å². The number of hydrogen-bond acceptors (Lipinski definition) is 6. The number of aryl methyl sites for hydroxylation is 1. The van der Waals surface area contributed by atoms with E-state index >= 15 is 0 Å². The van der Waals surface area contributed by atoms with E-state index in [-0.39, 0.29) is 17.3 Å². The molecule has 0 bridgehead atoms. The molecule has 0 unspecified atom stereocenters. The highest BCUT2D eigenvalue weighted by Crippen LogP contribution is 2.30. The van der Waals surface area contributed by atoms with Crippen LogP contribution in [0.2, 0.25) is 5.02 Å². The number of hydrogen-bond donors (Lipinski definition) is 2. The molecule has 3 rings (SSSR count). The number of aromatic nitrogens is 2. The van der Waals surface area contributed by atoms with Crippen molar-refractivity contribution in [2.75, 3.05) is 15.8 Å². The van der Waals surface area contributed by atoms with Crippen LogP contribution in [0.15, 0.2) is 42.7 Å². The molecule has 2 aromatic heterocycles. The Morgan fingerprint density at radius 1 is 1.14 bits per heavy atom. The normalized spacial score (nSPS) is 11.2. The average Bonchev–Trinajstić information content (AvgIpc) is 3.03. The Bertz CT molecular complexity index is 1120. The van der Waals surface area contributed by atoms with E-state index in [0.29, 0.717) is 21.4 Å². The molecule has 0 radical (unpaired) electrons. The van der Waals surface area contributed by atoms with Gasteiger partial charge in [-0.2, -0.15) is 0 Å². The molecule has 0 saturated carbocycles. The monoisotopic (exact) mass is 436 g/mol. The zero-order chi connectivity index (χ0) is 20.3. The molecule has 10 heteroatoms. The summed E-state index contributed by atoms with van der Waals surface area (Å²) in [5.74, 6) is 0.149. The van der Waals surface area contributed by atoms with E-state index in [0.717, 1.165) is 10.4 Å². The predicted molar refractivity (Wildman–Crippen MR) is 113 cm³/mol. The third-order valence-electron chi connectivity index (χ3n) is 3.76. The Morgan fingerprint density at radius 3 is 2.50 bits per heavy atom. The molecule has 28 heavy (non-hydrogen) atoms. The van der Waals surface area contributed by atoms with Crippen molar-refractivity contribution in [3.8, 4) is 11.4 Å². The third-order valence-corrected chi connectivity index (χ3v) is 6.33. The summed E-state index contributed by atoms with van der Waals surface area (Å²) >= 11 is 7.38. The molecule has 0 atom stereocenters. The Hall–Kier alpha value is -2.49. The highest BCUT2D eigenvalue weighted by Gasteiger charge is 2.16. The van der Waals surface area contributed by atoms with Gasteiger partial charge in [-0.1, -0.05) is 11.6 Å². The molecule has 1 aromatic carbocycles. The van der Waals surface area contributed by atoms with E-state index in [4.69, 9.17) is 11.6 Å². The van der Waals surface area contributed by atoms with Gasteiger partial charge in [-0.25, -0.2) is 18.4 Å². The summed E-state index contributed by atoms with van der Waals surface area (Å²) in [6, 6.07) is 7.99. The van der Waals surface area contributed by atoms with Crippen molar-refractivity contribution < 1.29 is 13.2 Å². The molecule has 0 aliphatic heterocycles. The first-order valence-corrected chi connectivity index (χ1v) is 11.1. The topological polar surface area (TPSA) is 101 Å². The van der Waals surface area contributed by atoms with Crippen LogP contribution in [0.25, 0.3) is 11.4 Å². The number of anilines is 2. The molecule has 3 aromatic rings. The minimum Gasteiger partial charge on any atom is -0.321 e. The highest BCUT2D eigenvalue weighted by atomic mass is 35.5. The number of thiophene rings is 1. The summed E-state index contributed by atoms with van der Waals surface area (Å²) in [7, 11) is -3.45. The smallest absolute Gasteiger partial charge is 0.265 e. The van der Waals surface area contributed by atoms with Gasteiger partial charge in [-0.15, -0.1) is 11.3 Å². The standard InChI is InChI=1S/C18H17ClN4O3S2/c1-3-28(25,26)23-14-8-12(19)7-13(9-14)22-18(24)16-10-15(11(2)27-16)17-20-5-4-6-21-17/h4-10,23H,3H2,1-2H3,(H,22,24). The lowest BCUT2D eigenvalue weighted by Gasteiger charge is -2.10. The molecule has 0 aliphatic rings. The summed E-state index contributed by atoms with van der Waals surface area (Å²) in [6.45, 7) is 3.42. The molecule has 0 aliphatic carbocycles. The van der Waals surface area contributed by atoms with E-state index in [1.165, 1.54) is 30.4 Å². The molecular weight excluding hydrogens is 420 g/mol. The maximum Gasteiger partial charge on any atom is 0.265 e.